The standard InChI is InChI=1S/C14H20Br2O10/c15-5-9(19)13(25,7(17)1-3-11(21)22)14(26,10(20)6-16)8(18)2-4-12(23)24/h9-10,19-20,25-26H,1-6H2,(H,21,22)(H,23,24)/t9-,10+,13+,14-. The average Bonchev–Trinajstić information content (AvgIpc) is 2.60. The number of hydrogen-bond acceptors (Lipinski definition) is 8. The largest absolute Gasteiger partial charge is 0.481 e. The molecule has 26 heavy (non-hydrogen) atoms. The quantitative estimate of drug-likeness (QED) is 0.165. The number of Topliss-reactive ketones (excluding diaryl/α,β-unsaturated/α-hetero) is 2. The Balaban J connectivity index is 6.18. The van der Waals surface area contributed by atoms with Crippen molar-refractivity contribution >= 4 is 55.4 Å². The first-order chi connectivity index (χ1) is 11.9. The van der Waals surface area contributed by atoms with Crippen molar-refractivity contribution in [2.45, 2.75) is 49.1 Å². The van der Waals surface area contributed by atoms with Crippen LogP contribution >= 0.6 is 31.9 Å². The predicted molar refractivity (Wildman–Crippen MR) is 93.3 cm³/mol. The first-order valence-electron chi connectivity index (χ1n) is 7.32. The van der Waals surface area contributed by atoms with Crippen molar-refractivity contribution in [3.05, 3.63) is 0 Å². The lowest BCUT2D eigenvalue weighted by molar-refractivity contribution is -0.222. The van der Waals surface area contributed by atoms with Crippen LogP contribution in [0.15, 0.2) is 0 Å². The maximum atomic E-state index is 12.4. The zero-order valence-corrected chi connectivity index (χ0v) is 16.6. The number of carboxylic acids is 2. The highest BCUT2D eigenvalue weighted by Gasteiger charge is 2.65. The Bertz CT molecular complexity index is 506. The SMILES string of the molecule is O=C(O)CCC(=O)[C@@](O)([C@@H](O)CBr)[C@](O)(C(=O)CCC(=O)O)[C@H](O)CBr. The van der Waals surface area contributed by atoms with Crippen LogP contribution in [0.1, 0.15) is 25.7 Å². The molecule has 0 unspecified atom stereocenters. The zero-order chi connectivity index (χ0) is 20.7. The van der Waals surface area contributed by atoms with Gasteiger partial charge >= 0.3 is 11.9 Å². The fourth-order valence-electron chi connectivity index (χ4n) is 2.35. The Morgan fingerprint density at radius 2 is 0.962 bits per heavy atom. The molecule has 0 saturated carbocycles. The third kappa shape index (κ3) is 5.30. The van der Waals surface area contributed by atoms with Gasteiger partial charge in [0.05, 0.1) is 12.8 Å². The highest BCUT2D eigenvalue weighted by atomic mass is 79.9. The van der Waals surface area contributed by atoms with Crippen LogP contribution < -0.4 is 0 Å². The molecular weight excluding hydrogens is 488 g/mol. The molecule has 0 aliphatic heterocycles. The van der Waals surface area contributed by atoms with Gasteiger partial charge in [-0.05, 0) is 0 Å². The van der Waals surface area contributed by atoms with Crippen molar-refractivity contribution in [2.24, 2.45) is 0 Å². The van der Waals surface area contributed by atoms with Gasteiger partial charge < -0.3 is 30.6 Å². The zero-order valence-electron chi connectivity index (χ0n) is 13.5. The minimum absolute atomic E-state index is 0.508. The molecule has 0 aromatic rings. The van der Waals surface area contributed by atoms with Crippen LogP contribution in [0.4, 0.5) is 0 Å². The van der Waals surface area contributed by atoms with Crippen LogP contribution in [0.25, 0.3) is 0 Å². The molecule has 0 fully saturated rings. The number of halogens is 2. The van der Waals surface area contributed by atoms with Gasteiger partial charge in [-0.1, -0.05) is 31.9 Å². The predicted octanol–water partition coefficient (Wildman–Crippen LogP) is -1.17. The van der Waals surface area contributed by atoms with E-state index in [0.717, 1.165) is 0 Å². The van der Waals surface area contributed by atoms with Gasteiger partial charge in [0, 0.05) is 23.5 Å². The summed E-state index contributed by atoms with van der Waals surface area (Å²) in [7, 11) is 0. The second kappa shape index (κ2) is 10.4. The summed E-state index contributed by atoms with van der Waals surface area (Å²) in [6.45, 7) is 0. The van der Waals surface area contributed by atoms with Crippen LogP contribution in [-0.4, -0.2) is 88.2 Å². The Morgan fingerprint density at radius 3 is 1.15 bits per heavy atom. The molecule has 0 aromatic heterocycles. The normalized spacial score (nSPS) is 18.2. The van der Waals surface area contributed by atoms with E-state index in [4.69, 9.17) is 10.2 Å². The molecule has 0 amide bonds. The molecule has 0 heterocycles. The smallest absolute Gasteiger partial charge is 0.303 e. The maximum absolute atomic E-state index is 12.4. The number of aliphatic carboxylic acids is 2. The van der Waals surface area contributed by atoms with E-state index in [1.54, 1.807) is 0 Å². The topological polar surface area (TPSA) is 190 Å². The van der Waals surface area contributed by atoms with Crippen LogP contribution in [0.2, 0.25) is 0 Å². The summed E-state index contributed by atoms with van der Waals surface area (Å²) < 4.78 is 0. The molecular formula is C14H20Br2O10. The molecule has 4 atom stereocenters. The summed E-state index contributed by atoms with van der Waals surface area (Å²) in [5.74, 6) is -5.59. The lowest BCUT2D eigenvalue weighted by Gasteiger charge is -2.45. The molecule has 0 aromatic carbocycles. The van der Waals surface area contributed by atoms with E-state index in [2.05, 4.69) is 31.9 Å². The second-order valence-corrected chi connectivity index (χ2v) is 6.80. The molecule has 10 nitrogen and oxygen atoms in total. The first-order valence-corrected chi connectivity index (χ1v) is 9.56. The van der Waals surface area contributed by atoms with Gasteiger partial charge in [-0.3, -0.25) is 19.2 Å². The van der Waals surface area contributed by atoms with Crippen LogP contribution in [0, 0.1) is 0 Å². The third-order valence-corrected chi connectivity index (χ3v) is 5.05. The third-order valence-electron chi connectivity index (χ3n) is 3.82. The minimum Gasteiger partial charge on any atom is -0.481 e. The van der Waals surface area contributed by atoms with Crippen molar-refractivity contribution < 1.29 is 49.8 Å². The summed E-state index contributed by atoms with van der Waals surface area (Å²) in [5, 5.41) is 58.1. The summed E-state index contributed by atoms with van der Waals surface area (Å²) in [5.41, 5.74) is -6.54. The number of carbonyl (C=O) groups is 4. The van der Waals surface area contributed by atoms with Crippen molar-refractivity contribution in [1.82, 2.24) is 0 Å². The van der Waals surface area contributed by atoms with Gasteiger partial charge in [-0.15, -0.1) is 0 Å². The molecule has 0 aliphatic rings. The van der Waals surface area contributed by atoms with Crippen molar-refractivity contribution in [1.29, 1.82) is 0 Å². The minimum atomic E-state index is -3.27. The van der Waals surface area contributed by atoms with E-state index in [1.807, 2.05) is 0 Å². The maximum Gasteiger partial charge on any atom is 0.303 e. The number of aliphatic hydroxyl groups is 4. The fraction of sp³-hybridized carbons (Fsp3) is 0.714. The Morgan fingerprint density at radius 1 is 0.692 bits per heavy atom. The average molecular weight is 508 g/mol. The van der Waals surface area contributed by atoms with E-state index >= 15 is 0 Å². The summed E-state index contributed by atoms with van der Waals surface area (Å²) in [4.78, 5) is 46.2. The van der Waals surface area contributed by atoms with E-state index in [0.29, 0.717) is 0 Å². The second-order valence-electron chi connectivity index (χ2n) is 5.51. The van der Waals surface area contributed by atoms with Crippen molar-refractivity contribution in [3.8, 4) is 0 Å². The van der Waals surface area contributed by atoms with Crippen LogP contribution in [0.5, 0.6) is 0 Å². The molecule has 0 radical (unpaired) electrons. The van der Waals surface area contributed by atoms with E-state index in [9.17, 15) is 39.6 Å². The van der Waals surface area contributed by atoms with Gasteiger partial charge in [0.2, 0.25) is 0 Å². The lowest BCUT2D eigenvalue weighted by Crippen LogP contribution is -2.74. The lowest BCUT2D eigenvalue weighted by atomic mass is 9.69. The molecule has 150 valence electrons. The molecule has 0 saturated heterocycles. The Labute approximate surface area is 165 Å². The number of aliphatic hydroxyl groups excluding tert-OH is 2. The van der Waals surface area contributed by atoms with Crippen LogP contribution in [0.3, 0.4) is 0 Å². The molecule has 12 heteroatoms. The molecule has 0 aliphatic carbocycles. The van der Waals surface area contributed by atoms with Gasteiger partial charge in [0.15, 0.2) is 22.8 Å². The number of carbonyl (C=O) groups excluding carboxylic acids is 2. The monoisotopic (exact) mass is 506 g/mol. The number of rotatable bonds is 13. The molecule has 0 rings (SSSR count). The highest BCUT2D eigenvalue weighted by Crippen LogP contribution is 2.35. The summed E-state index contributed by atoms with van der Waals surface area (Å²) >= 11 is 5.57. The fourth-order valence-corrected chi connectivity index (χ4v) is 3.29. The van der Waals surface area contributed by atoms with Crippen LogP contribution in [-0.2, 0) is 19.2 Å². The van der Waals surface area contributed by atoms with E-state index in [1.165, 1.54) is 0 Å². The number of ketones is 2. The van der Waals surface area contributed by atoms with Gasteiger partial charge in [-0.25, -0.2) is 0 Å². The van der Waals surface area contributed by atoms with Gasteiger partial charge in [0.1, 0.15) is 12.2 Å². The van der Waals surface area contributed by atoms with Crippen molar-refractivity contribution in [2.75, 3.05) is 10.7 Å². The molecule has 0 bridgehead atoms. The Kier molecular flexibility index (Phi) is 10.1. The summed E-state index contributed by atoms with van der Waals surface area (Å²) in [6, 6.07) is 0. The Hall–Kier alpha value is -0.920. The summed E-state index contributed by atoms with van der Waals surface area (Å²) in [6.07, 6.45) is -7.42. The van der Waals surface area contributed by atoms with Gasteiger partial charge in [0.25, 0.3) is 0 Å². The first kappa shape index (κ1) is 25.1. The number of hydrogen-bond donors (Lipinski definition) is 6. The molecule has 0 spiro atoms. The van der Waals surface area contributed by atoms with Gasteiger partial charge in [-0.2, -0.15) is 0 Å². The number of alkyl halides is 2. The van der Waals surface area contributed by atoms with E-state index in [-0.39, 0.29) is 0 Å². The van der Waals surface area contributed by atoms with Crippen molar-refractivity contribution in [3.63, 3.8) is 0 Å². The van der Waals surface area contributed by atoms with E-state index < -0.39 is 83.3 Å². The number of carboxylic acid groups (broad SMARTS) is 2. The molecule has 6 N–H and O–H groups in total. The highest BCUT2D eigenvalue weighted by molar-refractivity contribution is 9.09.